The first kappa shape index (κ1) is 16.9. The van der Waals surface area contributed by atoms with Crippen molar-refractivity contribution in [1.29, 1.82) is 0 Å². The summed E-state index contributed by atoms with van der Waals surface area (Å²) in [5.74, 6) is -0.390. The van der Waals surface area contributed by atoms with Gasteiger partial charge < -0.3 is 15.1 Å². The lowest BCUT2D eigenvalue weighted by Gasteiger charge is -2.46. The zero-order chi connectivity index (χ0) is 17.1. The summed E-state index contributed by atoms with van der Waals surface area (Å²) in [6.07, 6.45) is 3.16. The number of fused-ring (bicyclic) bond motifs is 1. The second kappa shape index (κ2) is 7.30. The highest BCUT2D eigenvalue weighted by atomic mass is 19.1. The third kappa shape index (κ3) is 3.75. The van der Waals surface area contributed by atoms with Crippen LogP contribution in [0.25, 0.3) is 0 Å². The lowest BCUT2D eigenvalue weighted by atomic mass is 9.84. The summed E-state index contributed by atoms with van der Waals surface area (Å²) in [4.78, 5) is 28.9. The number of hydrogen-bond donors (Lipinski definition) is 1. The first-order valence-corrected chi connectivity index (χ1v) is 8.56. The molecule has 24 heavy (non-hydrogen) atoms. The Morgan fingerprint density at radius 2 is 2.12 bits per heavy atom. The third-order valence-electron chi connectivity index (χ3n) is 5.08. The number of nitrogens with one attached hydrogen (secondary N) is 1. The average molecular weight is 333 g/mol. The maximum absolute atomic E-state index is 13.2. The smallest absolute Gasteiger partial charge is 0.251 e. The second-order valence-electron chi connectivity index (χ2n) is 6.80. The Morgan fingerprint density at radius 3 is 2.92 bits per heavy atom. The van der Waals surface area contributed by atoms with E-state index in [0.717, 1.165) is 38.9 Å². The van der Waals surface area contributed by atoms with E-state index >= 15 is 0 Å². The van der Waals surface area contributed by atoms with Crippen LogP contribution in [0.4, 0.5) is 4.39 Å². The minimum atomic E-state index is -0.459. The Morgan fingerprint density at radius 1 is 1.29 bits per heavy atom. The molecule has 6 heteroatoms. The van der Waals surface area contributed by atoms with Crippen molar-refractivity contribution < 1.29 is 14.0 Å². The van der Waals surface area contributed by atoms with Crippen molar-refractivity contribution in [3.05, 3.63) is 35.6 Å². The predicted octanol–water partition coefficient (Wildman–Crippen LogP) is 1.50. The summed E-state index contributed by atoms with van der Waals surface area (Å²) < 4.78 is 13.2. The fraction of sp³-hybridized carbons (Fsp3) is 0.556. The van der Waals surface area contributed by atoms with Gasteiger partial charge in [-0.2, -0.15) is 0 Å². The molecule has 0 spiro atoms. The number of hydrogen-bond acceptors (Lipinski definition) is 3. The summed E-state index contributed by atoms with van der Waals surface area (Å²) in [6, 6.07) is 5.77. The standard InChI is InChI=1S/C18H24FN3O2/c1-21-9-7-16-14(12-21)5-3-8-22(16)17(23)11-20-18(24)13-4-2-6-15(19)10-13/h2,4,6,10,14,16H,3,5,7-9,11-12H2,1H3,(H,20,24)/t14-,16-/m0/s1. The van der Waals surface area contributed by atoms with Gasteiger partial charge in [0, 0.05) is 24.7 Å². The second-order valence-corrected chi connectivity index (χ2v) is 6.80. The highest BCUT2D eigenvalue weighted by molar-refractivity contribution is 5.96. The van der Waals surface area contributed by atoms with Gasteiger partial charge in [-0.3, -0.25) is 9.59 Å². The van der Waals surface area contributed by atoms with Crippen LogP contribution in [0.1, 0.15) is 29.6 Å². The molecule has 0 aliphatic carbocycles. The van der Waals surface area contributed by atoms with Crippen molar-refractivity contribution in [3.8, 4) is 0 Å². The van der Waals surface area contributed by atoms with Crippen molar-refractivity contribution in [1.82, 2.24) is 15.1 Å². The lowest BCUT2D eigenvalue weighted by molar-refractivity contribution is -0.137. The van der Waals surface area contributed by atoms with E-state index in [1.165, 1.54) is 24.3 Å². The van der Waals surface area contributed by atoms with Gasteiger partial charge in [0.1, 0.15) is 5.82 Å². The number of piperidine rings is 2. The monoisotopic (exact) mass is 333 g/mol. The fourth-order valence-electron chi connectivity index (χ4n) is 3.88. The van der Waals surface area contributed by atoms with Crippen LogP contribution in [-0.4, -0.2) is 60.9 Å². The van der Waals surface area contributed by atoms with Gasteiger partial charge in [0.15, 0.2) is 0 Å². The van der Waals surface area contributed by atoms with Gasteiger partial charge in [-0.15, -0.1) is 0 Å². The Labute approximate surface area is 141 Å². The quantitative estimate of drug-likeness (QED) is 0.912. The van der Waals surface area contributed by atoms with Crippen LogP contribution in [0, 0.1) is 11.7 Å². The minimum Gasteiger partial charge on any atom is -0.343 e. The number of benzene rings is 1. The van der Waals surface area contributed by atoms with E-state index in [-0.39, 0.29) is 24.1 Å². The molecule has 2 amide bonds. The maximum Gasteiger partial charge on any atom is 0.251 e. The van der Waals surface area contributed by atoms with E-state index in [4.69, 9.17) is 0 Å². The van der Waals surface area contributed by atoms with Crippen LogP contribution in [-0.2, 0) is 4.79 Å². The molecule has 2 heterocycles. The van der Waals surface area contributed by atoms with E-state index in [2.05, 4.69) is 17.3 Å². The zero-order valence-electron chi connectivity index (χ0n) is 14.0. The maximum atomic E-state index is 13.2. The minimum absolute atomic E-state index is 0.0333. The summed E-state index contributed by atoms with van der Waals surface area (Å²) in [5.41, 5.74) is 0.235. The highest BCUT2D eigenvalue weighted by Gasteiger charge is 2.37. The van der Waals surface area contributed by atoms with Crippen LogP contribution in [0.3, 0.4) is 0 Å². The van der Waals surface area contributed by atoms with Gasteiger partial charge in [-0.1, -0.05) is 6.07 Å². The number of halogens is 1. The number of amides is 2. The molecule has 0 radical (unpaired) electrons. The third-order valence-corrected chi connectivity index (χ3v) is 5.08. The number of carbonyl (C=O) groups excluding carboxylic acids is 2. The van der Waals surface area contributed by atoms with Gasteiger partial charge in [-0.25, -0.2) is 4.39 Å². The molecule has 2 saturated heterocycles. The Hall–Kier alpha value is -1.95. The SMILES string of the molecule is CN1CC[C@H]2[C@@H](CCCN2C(=O)CNC(=O)c2cccc(F)c2)C1. The predicted molar refractivity (Wildman–Crippen MR) is 89.1 cm³/mol. The zero-order valence-corrected chi connectivity index (χ0v) is 14.0. The molecule has 1 aromatic carbocycles. The van der Waals surface area contributed by atoms with E-state index < -0.39 is 11.7 Å². The first-order chi connectivity index (χ1) is 11.5. The van der Waals surface area contributed by atoms with Gasteiger partial charge in [0.05, 0.1) is 6.54 Å². The molecule has 2 aliphatic heterocycles. The molecule has 5 nitrogen and oxygen atoms in total. The number of nitrogens with zero attached hydrogens (tertiary/aromatic N) is 2. The molecule has 2 fully saturated rings. The Balaban J connectivity index is 1.57. The number of rotatable bonds is 3. The highest BCUT2D eigenvalue weighted by Crippen LogP contribution is 2.30. The van der Waals surface area contributed by atoms with E-state index in [9.17, 15) is 14.0 Å². The average Bonchev–Trinajstić information content (AvgIpc) is 2.58. The van der Waals surface area contributed by atoms with E-state index in [0.29, 0.717) is 5.92 Å². The van der Waals surface area contributed by atoms with Crippen molar-refractivity contribution in [3.63, 3.8) is 0 Å². The Kier molecular flexibility index (Phi) is 5.14. The normalized spacial score (nSPS) is 24.3. The van der Waals surface area contributed by atoms with Crippen molar-refractivity contribution in [2.75, 3.05) is 33.2 Å². The molecule has 1 aromatic rings. The largest absolute Gasteiger partial charge is 0.343 e. The van der Waals surface area contributed by atoms with Crippen LogP contribution in [0.15, 0.2) is 24.3 Å². The first-order valence-electron chi connectivity index (χ1n) is 8.56. The van der Waals surface area contributed by atoms with Gasteiger partial charge in [0.25, 0.3) is 5.91 Å². The molecule has 0 unspecified atom stereocenters. The van der Waals surface area contributed by atoms with Crippen LogP contribution in [0.2, 0.25) is 0 Å². The topological polar surface area (TPSA) is 52.6 Å². The number of carbonyl (C=O) groups is 2. The van der Waals surface area contributed by atoms with Gasteiger partial charge in [-0.05, 0) is 57.0 Å². The molecule has 0 aromatic heterocycles. The molecular formula is C18H24FN3O2. The molecule has 2 aliphatic rings. The molecule has 3 rings (SSSR count). The van der Waals surface area contributed by atoms with Crippen LogP contribution >= 0.6 is 0 Å². The van der Waals surface area contributed by atoms with Crippen molar-refractivity contribution in [2.24, 2.45) is 5.92 Å². The van der Waals surface area contributed by atoms with E-state index in [1.54, 1.807) is 0 Å². The summed E-state index contributed by atoms with van der Waals surface area (Å²) in [7, 11) is 2.12. The number of likely N-dealkylation sites (tertiary alicyclic amines) is 2. The molecular weight excluding hydrogens is 309 g/mol. The molecule has 2 atom stereocenters. The van der Waals surface area contributed by atoms with Crippen LogP contribution < -0.4 is 5.32 Å². The van der Waals surface area contributed by atoms with Crippen LogP contribution in [0.5, 0.6) is 0 Å². The summed E-state index contributed by atoms with van der Waals surface area (Å²) >= 11 is 0. The molecule has 0 saturated carbocycles. The summed E-state index contributed by atoms with van der Waals surface area (Å²) in [6.45, 7) is 2.76. The van der Waals surface area contributed by atoms with Gasteiger partial charge in [0.2, 0.25) is 5.91 Å². The van der Waals surface area contributed by atoms with Gasteiger partial charge >= 0.3 is 0 Å². The lowest BCUT2D eigenvalue weighted by Crippen LogP contribution is -2.56. The van der Waals surface area contributed by atoms with Crippen molar-refractivity contribution in [2.45, 2.75) is 25.3 Å². The van der Waals surface area contributed by atoms with Crippen molar-refractivity contribution >= 4 is 11.8 Å². The van der Waals surface area contributed by atoms with E-state index in [1.807, 2.05) is 4.90 Å². The fourth-order valence-corrected chi connectivity index (χ4v) is 3.88. The molecule has 130 valence electrons. The molecule has 0 bridgehead atoms. The Bertz CT molecular complexity index is 622. The molecule has 1 N–H and O–H groups in total. The summed E-state index contributed by atoms with van der Waals surface area (Å²) in [5, 5.41) is 2.62.